The van der Waals surface area contributed by atoms with Crippen molar-refractivity contribution in [3.63, 3.8) is 0 Å². The molecule has 0 spiro atoms. The van der Waals surface area contributed by atoms with E-state index in [2.05, 4.69) is 31.6 Å². The Kier molecular flexibility index (Phi) is 5.76. The highest BCUT2D eigenvalue weighted by Crippen LogP contribution is 2.29. The van der Waals surface area contributed by atoms with Gasteiger partial charge in [-0.25, -0.2) is 9.48 Å². The van der Waals surface area contributed by atoms with Crippen molar-refractivity contribution >= 4 is 0 Å². The van der Waals surface area contributed by atoms with E-state index in [0.29, 0.717) is 31.0 Å². The first kappa shape index (κ1) is 20.3. The minimum Gasteiger partial charge on any atom is -0.274 e. The largest absolute Gasteiger partial charge is 0.346 e. The van der Waals surface area contributed by atoms with Crippen LogP contribution in [0, 0.1) is 12.3 Å². The number of benzene rings is 2. The van der Waals surface area contributed by atoms with Gasteiger partial charge >= 0.3 is 5.69 Å². The molecule has 8 nitrogen and oxygen atoms in total. The van der Waals surface area contributed by atoms with E-state index in [0.717, 1.165) is 22.3 Å². The Hall–Kier alpha value is -3.99. The standard InChI is InChI=1S/C23H23N7O/c1-4-5-10-21-26-30(16(2)3)23(31)29(21)15-17-11-13-18(14-12-17)19-8-6-7-9-20(19)22-24-27-28-25-22/h1,6-9,11-14,16H,5,10,15H2,2-3H3,(H,24,25,27,28). The van der Waals surface area contributed by atoms with E-state index in [1.54, 1.807) is 4.57 Å². The van der Waals surface area contributed by atoms with Gasteiger partial charge in [0.1, 0.15) is 5.82 Å². The van der Waals surface area contributed by atoms with Gasteiger partial charge in [0.25, 0.3) is 0 Å². The van der Waals surface area contributed by atoms with Crippen LogP contribution in [0.4, 0.5) is 0 Å². The third-order valence-corrected chi connectivity index (χ3v) is 5.06. The quantitative estimate of drug-likeness (QED) is 0.470. The molecule has 2 heterocycles. The van der Waals surface area contributed by atoms with E-state index in [9.17, 15) is 4.79 Å². The number of nitrogens with one attached hydrogen (secondary N) is 1. The molecule has 2 aromatic carbocycles. The highest BCUT2D eigenvalue weighted by atomic mass is 16.2. The van der Waals surface area contributed by atoms with Gasteiger partial charge < -0.3 is 0 Å². The normalized spacial score (nSPS) is 11.0. The fraction of sp³-hybridized carbons (Fsp3) is 0.261. The Morgan fingerprint density at radius 1 is 1.10 bits per heavy atom. The average Bonchev–Trinajstić information content (AvgIpc) is 3.42. The van der Waals surface area contributed by atoms with Crippen molar-refractivity contribution in [1.82, 2.24) is 35.0 Å². The number of terminal acetylenes is 1. The molecule has 0 unspecified atom stereocenters. The third kappa shape index (κ3) is 4.16. The number of aromatic amines is 1. The Bertz CT molecular complexity index is 1260. The van der Waals surface area contributed by atoms with Gasteiger partial charge in [-0.15, -0.1) is 22.5 Å². The summed E-state index contributed by atoms with van der Waals surface area (Å²) in [5, 5.41) is 18.8. The molecule has 0 fully saturated rings. The molecule has 4 rings (SSSR count). The lowest BCUT2D eigenvalue weighted by Crippen LogP contribution is -2.27. The van der Waals surface area contributed by atoms with Crippen LogP contribution in [0.1, 0.15) is 37.7 Å². The summed E-state index contributed by atoms with van der Waals surface area (Å²) in [6.45, 7) is 4.33. The molecule has 4 aromatic rings. The predicted octanol–water partition coefficient (Wildman–Crippen LogP) is 3.09. The van der Waals surface area contributed by atoms with Crippen LogP contribution >= 0.6 is 0 Å². The number of rotatable bonds is 7. The number of tetrazole rings is 1. The van der Waals surface area contributed by atoms with E-state index < -0.39 is 0 Å². The maximum Gasteiger partial charge on any atom is 0.346 e. The monoisotopic (exact) mass is 413 g/mol. The van der Waals surface area contributed by atoms with Gasteiger partial charge in [0.2, 0.25) is 5.82 Å². The molecule has 0 bridgehead atoms. The van der Waals surface area contributed by atoms with E-state index in [1.807, 2.05) is 62.4 Å². The van der Waals surface area contributed by atoms with Gasteiger partial charge in [-0.05, 0) is 35.8 Å². The van der Waals surface area contributed by atoms with Crippen molar-refractivity contribution in [3.05, 3.63) is 70.4 Å². The van der Waals surface area contributed by atoms with E-state index >= 15 is 0 Å². The zero-order valence-electron chi connectivity index (χ0n) is 17.5. The zero-order chi connectivity index (χ0) is 21.8. The fourth-order valence-corrected chi connectivity index (χ4v) is 3.50. The first-order chi connectivity index (χ1) is 15.1. The summed E-state index contributed by atoms with van der Waals surface area (Å²) in [4.78, 5) is 12.9. The first-order valence-corrected chi connectivity index (χ1v) is 10.1. The molecule has 0 amide bonds. The Balaban J connectivity index is 1.64. The summed E-state index contributed by atoms with van der Waals surface area (Å²) in [6, 6.07) is 16.0. The molecule has 2 aromatic heterocycles. The highest BCUT2D eigenvalue weighted by molar-refractivity contribution is 5.80. The molecular weight excluding hydrogens is 390 g/mol. The van der Waals surface area contributed by atoms with Gasteiger partial charge in [0.15, 0.2) is 0 Å². The predicted molar refractivity (Wildman–Crippen MR) is 118 cm³/mol. The number of aromatic nitrogens is 7. The van der Waals surface area contributed by atoms with Crippen molar-refractivity contribution in [2.45, 2.75) is 39.3 Å². The molecule has 0 atom stereocenters. The molecule has 0 aliphatic heterocycles. The summed E-state index contributed by atoms with van der Waals surface area (Å²) >= 11 is 0. The van der Waals surface area contributed by atoms with Gasteiger partial charge in [-0.3, -0.25) is 4.57 Å². The second kappa shape index (κ2) is 8.79. The van der Waals surface area contributed by atoms with Crippen LogP contribution < -0.4 is 5.69 Å². The summed E-state index contributed by atoms with van der Waals surface area (Å²) < 4.78 is 3.22. The maximum atomic E-state index is 12.9. The molecule has 0 radical (unpaired) electrons. The van der Waals surface area contributed by atoms with Gasteiger partial charge in [-0.2, -0.15) is 10.3 Å². The summed E-state index contributed by atoms with van der Waals surface area (Å²) in [6.07, 6.45) is 6.53. The SMILES string of the molecule is C#CCCc1nn(C(C)C)c(=O)n1Cc1ccc(-c2ccccc2-c2nn[nH]n2)cc1. The Morgan fingerprint density at radius 2 is 1.84 bits per heavy atom. The van der Waals surface area contributed by atoms with Crippen molar-refractivity contribution in [2.75, 3.05) is 0 Å². The van der Waals surface area contributed by atoms with Crippen LogP contribution in [-0.4, -0.2) is 35.0 Å². The lowest BCUT2D eigenvalue weighted by atomic mass is 9.98. The molecule has 0 aliphatic rings. The summed E-state index contributed by atoms with van der Waals surface area (Å²) in [7, 11) is 0. The number of hydrogen-bond donors (Lipinski definition) is 1. The lowest BCUT2D eigenvalue weighted by molar-refractivity contribution is 0.505. The van der Waals surface area contributed by atoms with Crippen LogP contribution in [-0.2, 0) is 13.0 Å². The van der Waals surface area contributed by atoms with E-state index in [1.165, 1.54) is 4.68 Å². The Morgan fingerprint density at radius 3 is 2.48 bits per heavy atom. The number of hydrogen-bond acceptors (Lipinski definition) is 5. The van der Waals surface area contributed by atoms with Gasteiger partial charge in [0.05, 0.1) is 12.6 Å². The molecule has 0 aliphatic carbocycles. The van der Waals surface area contributed by atoms with Crippen LogP contribution in [0.5, 0.6) is 0 Å². The second-order valence-electron chi connectivity index (χ2n) is 7.51. The smallest absolute Gasteiger partial charge is 0.274 e. The molecule has 0 saturated heterocycles. The minimum atomic E-state index is -0.117. The highest BCUT2D eigenvalue weighted by Gasteiger charge is 2.16. The molecule has 156 valence electrons. The first-order valence-electron chi connectivity index (χ1n) is 10.1. The van der Waals surface area contributed by atoms with Crippen LogP contribution in [0.25, 0.3) is 22.5 Å². The van der Waals surface area contributed by atoms with Crippen molar-refractivity contribution in [2.24, 2.45) is 0 Å². The molecule has 1 N–H and O–H groups in total. The van der Waals surface area contributed by atoms with Crippen molar-refractivity contribution < 1.29 is 0 Å². The third-order valence-electron chi connectivity index (χ3n) is 5.06. The lowest BCUT2D eigenvalue weighted by Gasteiger charge is -2.09. The van der Waals surface area contributed by atoms with Gasteiger partial charge in [-0.1, -0.05) is 48.5 Å². The number of nitrogens with zero attached hydrogens (tertiary/aromatic N) is 6. The fourth-order valence-electron chi connectivity index (χ4n) is 3.50. The van der Waals surface area contributed by atoms with E-state index in [4.69, 9.17) is 6.42 Å². The van der Waals surface area contributed by atoms with E-state index in [-0.39, 0.29) is 11.7 Å². The van der Waals surface area contributed by atoms with Crippen molar-refractivity contribution in [3.8, 4) is 34.9 Å². The van der Waals surface area contributed by atoms with Crippen LogP contribution in [0.2, 0.25) is 0 Å². The van der Waals surface area contributed by atoms with Gasteiger partial charge in [0, 0.05) is 18.4 Å². The zero-order valence-corrected chi connectivity index (χ0v) is 17.5. The average molecular weight is 413 g/mol. The molecule has 8 heteroatoms. The molecular formula is C23H23N7O. The maximum absolute atomic E-state index is 12.9. The molecule has 0 saturated carbocycles. The summed E-state index contributed by atoms with van der Waals surface area (Å²) in [5.74, 6) is 3.88. The summed E-state index contributed by atoms with van der Waals surface area (Å²) in [5.41, 5.74) is 3.83. The topological polar surface area (TPSA) is 94.3 Å². The molecule has 31 heavy (non-hydrogen) atoms. The number of H-pyrrole nitrogens is 1. The Labute approximate surface area is 179 Å². The van der Waals surface area contributed by atoms with Crippen LogP contribution in [0.3, 0.4) is 0 Å². The van der Waals surface area contributed by atoms with Crippen molar-refractivity contribution in [1.29, 1.82) is 0 Å². The van der Waals surface area contributed by atoms with Crippen LogP contribution in [0.15, 0.2) is 53.3 Å². The minimum absolute atomic E-state index is 0.0117. The second-order valence-corrected chi connectivity index (χ2v) is 7.51. The number of aryl methyl sites for hydroxylation is 1.